The second kappa shape index (κ2) is 49.2. The fourth-order valence-corrected chi connectivity index (χ4v) is 23.7. The Morgan fingerprint density at radius 2 is 0.752 bits per heavy atom. The minimum Gasteiger partial charge on any atom is -0.450 e. The van der Waals surface area contributed by atoms with Crippen molar-refractivity contribution in [3.63, 3.8) is 0 Å². The minimum absolute atomic E-state index is 0.120. The summed E-state index contributed by atoms with van der Waals surface area (Å²) in [5.74, 6) is 7.82. The summed E-state index contributed by atoms with van der Waals surface area (Å²) in [6.07, 6.45) is 42.7. The fourth-order valence-electron chi connectivity index (χ4n) is 23.7. The standard InChI is InChI=1S/C29H44N4O3.C28H43N3O.C27H40N4O3.C26H38FN3O/c1-6-32(23-12-8-7-9-13-23)26(34)16-18-33-25-15-14-21(2)19-24(25)30-27(33)22-11-10-17-31(20-22)28(35)36-29(3,4)5;1-4-21-12-15-23(16-13-21)28-29-25-17-14-22(5-2)20-26(25)31(28)19-18-27(32)30(6-3)24-10-8-7-9-11-24;1-4-30(22-11-7-6-8-12-22)25(32)15-17-31-24-14-13-20(3)18-23(24)28-26(31)21-10-9-16-29(19-21)27(33)34-5-2;1-3-19-13-15-20(16-14-19)26-28-23-12-8-11-22(27)25(23)30(26)18-17-24(31)29(4-2)21-9-6-5-7-10-21/h14-15,19,22-23H,6-13,16-18,20H2,1-5H3;14,17,20-21,23-24H,4-13,15-16,18-19H2,1-3H3;13-14,18,21-22H,4-12,15-17,19H2,1-3H3;8,11-12,19-21H,3-7,9-10,13-18H2,1-2H3. The van der Waals surface area contributed by atoms with Gasteiger partial charge in [-0.15, -0.1) is 0 Å². The normalized spacial score (nSPS) is 20.9. The van der Waals surface area contributed by atoms with E-state index in [1.165, 1.54) is 175 Å². The van der Waals surface area contributed by atoms with Crippen LogP contribution in [0.15, 0.2) is 72.8 Å². The summed E-state index contributed by atoms with van der Waals surface area (Å²) in [5.41, 5.74) is 10.9. The van der Waals surface area contributed by atoms with E-state index in [9.17, 15) is 33.2 Å². The maximum atomic E-state index is 14.8. The largest absolute Gasteiger partial charge is 0.450 e. The first-order chi connectivity index (χ1) is 64.4. The van der Waals surface area contributed by atoms with E-state index in [1.807, 2.05) is 43.2 Å². The lowest BCUT2D eigenvalue weighted by Crippen LogP contribution is -2.43. The van der Waals surface area contributed by atoms with Gasteiger partial charge in [0.2, 0.25) is 23.6 Å². The highest BCUT2D eigenvalue weighted by Gasteiger charge is 2.37. The van der Waals surface area contributed by atoms with Crippen LogP contribution >= 0.6 is 0 Å². The lowest BCUT2D eigenvalue weighted by Gasteiger charge is -2.34. The molecule has 4 aromatic heterocycles. The molecule has 6 heterocycles. The molecule has 4 aromatic carbocycles. The van der Waals surface area contributed by atoms with Gasteiger partial charge >= 0.3 is 12.2 Å². The number of halogens is 1. The van der Waals surface area contributed by atoms with Crippen LogP contribution in [-0.4, -0.2) is 192 Å². The number of imidazole rings is 4. The summed E-state index contributed by atoms with van der Waals surface area (Å²) < 4.78 is 34.7. The van der Waals surface area contributed by atoms with Crippen molar-refractivity contribution in [3.8, 4) is 0 Å². The Morgan fingerprint density at radius 3 is 1.14 bits per heavy atom. The average molecular weight is 1830 g/mol. The SMILES string of the molecule is CCC1CCC(c2nc3cccc(F)c3n2CCC(=O)N(CC)C2CCCCC2)CC1.CCN(C(=O)CCn1c(C2CCCN(C(=O)OC(C)(C)C)C2)nc2cc(C)ccc21)C1CCCCC1.CCOC(=O)N1CCCC(c2nc3cc(C)ccc3n2CCC(=O)N(CC)C2CCCCC2)C1.CCc1ccc2nc(C3CCC(CC)CC3)n(CCC(=O)N(CC)C3CCCCC3)c2c1. The summed E-state index contributed by atoms with van der Waals surface area (Å²) in [6.45, 7) is 35.6. The molecule has 23 heteroatoms. The lowest BCUT2D eigenvalue weighted by molar-refractivity contribution is -0.135. The molecule has 0 spiro atoms. The molecule has 6 amide bonds. The van der Waals surface area contributed by atoms with Gasteiger partial charge in [-0.3, -0.25) is 19.2 Å². The quantitative estimate of drug-likeness (QED) is 0.0448. The number of para-hydroxylation sites is 1. The van der Waals surface area contributed by atoms with Crippen LogP contribution in [0.4, 0.5) is 14.0 Å². The van der Waals surface area contributed by atoms with Gasteiger partial charge in [0.15, 0.2) is 0 Å². The van der Waals surface area contributed by atoms with Crippen molar-refractivity contribution >= 4 is 79.9 Å². The van der Waals surface area contributed by atoms with Gasteiger partial charge < -0.3 is 57.1 Å². The number of rotatable bonds is 28. The molecule has 2 atom stereocenters. The smallest absolute Gasteiger partial charge is 0.410 e. The van der Waals surface area contributed by atoms with Crippen LogP contribution in [0.2, 0.25) is 0 Å². The van der Waals surface area contributed by atoms with Crippen LogP contribution < -0.4 is 0 Å². The Hall–Kier alpha value is -8.89. The van der Waals surface area contributed by atoms with Crippen molar-refractivity contribution < 1.29 is 42.6 Å². The molecular weight excluding hydrogens is 1660 g/mol. The molecular formula is C110H165FN14O8. The highest BCUT2D eigenvalue weighted by Crippen LogP contribution is 2.42. The number of amides is 6. The summed E-state index contributed by atoms with van der Waals surface area (Å²) in [5, 5.41) is 0. The third-order valence-electron chi connectivity index (χ3n) is 31.1. The average Bonchev–Trinajstić information content (AvgIpc) is 1.64. The highest BCUT2D eigenvalue weighted by molar-refractivity contribution is 5.83. The second-order valence-corrected chi connectivity index (χ2v) is 41.1. The summed E-state index contributed by atoms with van der Waals surface area (Å²) in [7, 11) is 0. The molecule has 2 saturated heterocycles. The van der Waals surface area contributed by atoms with Gasteiger partial charge in [-0.25, -0.2) is 33.9 Å². The topological polar surface area (TPSA) is 212 Å². The van der Waals surface area contributed by atoms with Gasteiger partial charge in [0.05, 0.1) is 45.2 Å². The van der Waals surface area contributed by atoms with Gasteiger partial charge in [0.25, 0.3) is 0 Å². The minimum atomic E-state index is -0.515. The predicted molar refractivity (Wildman–Crippen MR) is 534 cm³/mol. The van der Waals surface area contributed by atoms with Gasteiger partial charge in [-0.2, -0.15) is 0 Å². The molecule has 133 heavy (non-hydrogen) atoms. The predicted octanol–water partition coefficient (Wildman–Crippen LogP) is 24.6. The molecule has 0 N–H and O–H groups in total. The molecule has 2 aliphatic heterocycles. The number of fused-ring (bicyclic) bond motifs is 4. The first-order valence-corrected chi connectivity index (χ1v) is 53.1. The molecule has 8 aromatic rings. The van der Waals surface area contributed by atoms with Crippen LogP contribution in [0.3, 0.4) is 0 Å². The molecule has 8 fully saturated rings. The molecule has 2 unspecified atom stereocenters. The van der Waals surface area contributed by atoms with Crippen molar-refractivity contribution in [3.05, 3.63) is 119 Å². The summed E-state index contributed by atoms with van der Waals surface area (Å²) in [4.78, 5) is 110. The summed E-state index contributed by atoms with van der Waals surface area (Å²) >= 11 is 0. The van der Waals surface area contributed by atoms with Crippen molar-refractivity contribution in [2.75, 3.05) is 59.0 Å². The van der Waals surface area contributed by atoms with Gasteiger partial charge in [-0.05, 0) is 281 Å². The molecule has 730 valence electrons. The summed E-state index contributed by atoms with van der Waals surface area (Å²) in [6, 6.07) is 26.2. The Labute approximate surface area is 795 Å². The van der Waals surface area contributed by atoms with Crippen molar-refractivity contribution in [1.29, 1.82) is 0 Å². The van der Waals surface area contributed by atoms with E-state index in [2.05, 4.69) is 150 Å². The number of benzene rings is 4. The Balaban J connectivity index is 0.000000151. The van der Waals surface area contributed by atoms with E-state index in [1.54, 1.807) is 11.0 Å². The molecule has 8 aliphatic rings. The Morgan fingerprint density at radius 1 is 0.383 bits per heavy atom. The number of hydrogen-bond donors (Lipinski definition) is 0. The number of carbonyl (C=O) groups is 6. The fraction of sp³-hybridized carbons (Fsp3) is 0.691. The third kappa shape index (κ3) is 26.3. The number of carbonyl (C=O) groups excluding carboxylic acids is 6. The van der Waals surface area contributed by atoms with Crippen molar-refractivity contribution in [1.82, 2.24) is 67.6 Å². The maximum Gasteiger partial charge on any atom is 0.410 e. The van der Waals surface area contributed by atoms with Gasteiger partial charge in [0, 0.05) is 152 Å². The molecule has 0 bridgehead atoms. The van der Waals surface area contributed by atoms with Crippen molar-refractivity contribution in [2.24, 2.45) is 11.8 Å². The van der Waals surface area contributed by atoms with Gasteiger partial charge in [0.1, 0.15) is 40.2 Å². The maximum absolute atomic E-state index is 14.8. The number of piperidine rings is 2. The van der Waals surface area contributed by atoms with E-state index >= 15 is 0 Å². The van der Waals surface area contributed by atoms with E-state index in [4.69, 9.17) is 29.4 Å². The molecule has 6 aliphatic carbocycles. The number of aromatic nitrogens is 8. The Kier molecular flexibility index (Phi) is 37.6. The van der Waals surface area contributed by atoms with Crippen LogP contribution in [0.25, 0.3) is 44.1 Å². The van der Waals surface area contributed by atoms with E-state index in [0.29, 0.717) is 119 Å². The van der Waals surface area contributed by atoms with Crippen LogP contribution in [0.5, 0.6) is 0 Å². The molecule has 6 saturated carbocycles. The zero-order valence-corrected chi connectivity index (χ0v) is 83.9. The van der Waals surface area contributed by atoms with Crippen LogP contribution in [-0.2, 0) is 61.3 Å². The number of ether oxygens (including phenoxy) is 2. The third-order valence-corrected chi connectivity index (χ3v) is 31.1. The van der Waals surface area contributed by atoms with Crippen molar-refractivity contribution in [2.45, 2.75) is 420 Å². The highest BCUT2D eigenvalue weighted by atomic mass is 19.1. The van der Waals surface area contributed by atoms with E-state index in [0.717, 1.165) is 185 Å². The number of hydrogen-bond acceptors (Lipinski definition) is 12. The van der Waals surface area contributed by atoms with E-state index < -0.39 is 5.60 Å². The van der Waals surface area contributed by atoms with E-state index in [-0.39, 0.29) is 47.6 Å². The first-order valence-electron chi connectivity index (χ1n) is 53.1. The number of likely N-dealkylation sites (tertiary alicyclic amines) is 2. The molecule has 0 radical (unpaired) electrons. The zero-order chi connectivity index (χ0) is 94.2. The molecule has 22 nitrogen and oxygen atoms in total. The number of nitrogens with zero attached hydrogens (tertiary/aromatic N) is 14. The monoisotopic (exact) mass is 1830 g/mol. The van der Waals surface area contributed by atoms with Crippen LogP contribution in [0.1, 0.15) is 384 Å². The zero-order valence-electron chi connectivity index (χ0n) is 83.9. The lowest BCUT2D eigenvalue weighted by atomic mass is 9.80. The number of aryl methyl sites for hydroxylation is 7. The van der Waals surface area contributed by atoms with Gasteiger partial charge in [-0.1, -0.05) is 135 Å². The second-order valence-electron chi connectivity index (χ2n) is 41.1. The first kappa shape index (κ1) is 102. The Bertz CT molecular complexity index is 5070. The molecule has 16 rings (SSSR count). The van der Waals surface area contributed by atoms with Crippen LogP contribution in [0, 0.1) is 31.5 Å².